The maximum Gasteiger partial charge on any atom is 0.543 e. The fourth-order valence-corrected chi connectivity index (χ4v) is 0.980. The number of rotatable bonds is 4. The third kappa shape index (κ3) is 52.9. The average molecular weight is 553 g/mol. The molecule has 0 aliphatic carbocycles. The predicted octanol–water partition coefficient (Wildman–Crippen LogP) is -0.504. The first kappa shape index (κ1) is 27.7. The molecule has 0 aliphatic heterocycles. The van der Waals surface area contributed by atoms with Crippen LogP contribution in [0.1, 0.15) is 0 Å². The molecule has 0 heterocycles. The van der Waals surface area contributed by atoms with E-state index in [0.29, 0.717) is 0 Å². The molecule has 0 aromatic rings. The van der Waals surface area contributed by atoms with E-state index in [2.05, 4.69) is 8.62 Å². The van der Waals surface area contributed by atoms with Crippen molar-refractivity contribution in [2.75, 3.05) is 5.34 Å². The van der Waals surface area contributed by atoms with Crippen LogP contribution in [-0.2, 0) is 47.9 Å². The molecule has 18 heavy (non-hydrogen) atoms. The van der Waals surface area contributed by atoms with Gasteiger partial charge in [-0.25, -0.2) is 0 Å². The summed E-state index contributed by atoms with van der Waals surface area (Å²) in [4.78, 5) is 37.0. The van der Waals surface area contributed by atoms with Gasteiger partial charge in [-0.2, -0.15) is 0 Å². The Morgan fingerprint density at radius 2 is 0.833 bits per heavy atom. The van der Waals surface area contributed by atoms with Crippen molar-refractivity contribution in [1.82, 2.24) is 0 Å². The van der Waals surface area contributed by atoms with Crippen LogP contribution in [0.4, 0.5) is 0 Å². The molecule has 0 saturated carbocycles. The summed E-state index contributed by atoms with van der Waals surface area (Å²) in [5.74, 6) is 0. The first-order valence-corrected chi connectivity index (χ1v) is 8.18. The van der Waals surface area contributed by atoms with Crippen LogP contribution < -0.4 is 19.6 Å². The molecule has 0 fully saturated rings. The SMILES string of the molecule is ClCCl.O=[P+]([O-])O[P+](=O)[O-].O=[P+]([O-])O[P+](=O)[O-].[W]. The summed E-state index contributed by atoms with van der Waals surface area (Å²) in [6, 6.07) is 0. The smallest absolute Gasteiger partial charge is 0.543 e. The third-order valence-corrected chi connectivity index (χ3v) is 2.40. The predicted molar refractivity (Wildman–Crippen MR) is 49.2 cm³/mol. The van der Waals surface area contributed by atoms with E-state index < -0.39 is 33.0 Å². The van der Waals surface area contributed by atoms with Crippen LogP contribution >= 0.6 is 56.2 Å². The summed E-state index contributed by atoms with van der Waals surface area (Å²) in [5.41, 5.74) is 0. The van der Waals surface area contributed by atoms with Crippen LogP contribution in [0.15, 0.2) is 0 Å². The molecule has 106 valence electrons. The minimum absolute atomic E-state index is 0. The van der Waals surface area contributed by atoms with Gasteiger partial charge in [0.1, 0.15) is 8.62 Å². The van der Waals surface area contributed by atoms with E-state index in [1.165, 1.54) is 0 Å². The molecule has 0 aliphatic rings. The first-order valence-electron chi connectivity index (χ1n) is 2.73. The van der Waals surface area contributed by atoms with Gasteiger partial charge < -0.3 is 19.6 Å². The van der Waals surface area contributed by atoms with Crippen LogP contribution in [0, 0.1) is 0 Å². The Balaban J connectivity index is -0.0000000857. The summed E-state index contributed by atoms with van der Waals surface area (Å²) < 4.78 is 43.3. The third-order valence-electron chi connectivity index (χ3n) is 0.267. The maximum atomic E-state index is 9.24. The molecule has 0 aromatic heterocycles. The Kier molecular flexibility index (Phi) is 31.9. The average Bonchev–Trinajstić information content (AvgIpc) is 1.99. The quantitative estimate of drug-likeness (QED) is 0.326. The number of halogens is 2. The minimum Gasteiger partial charge on any atom is -0.563 e. The Bertz CT molecular complexity index is 223. The van der Waals surface area contributed by atoms with E-state index in [4.69, 9.17) is 23.2 Å². The Morgan fingerprint density at radius 1 is 0.722 bits per heavy atom. The van der Waals surface area contributed by atoms with Crippen molar-refractivity contribution in [3.05, 3.63) is 0 Å². The molecule has 0 amide bonds. The van der Waals surface area contributed by atoms with Crippen LogP contribution in [0.25, 0.3) is 0 Å². The van der Waals surface area contributed by atoms with E-state index >= 15 is 0 Å². The summed E-state index contributed by atoms with van der Waals surface area (Å²) in [7, 11) is -12.9. The van der Waals surface area contributed by atoms with Gasteiger partial charge in [-0.15, -0.1) is 23.2 Å². The fourth-order valence-electron chi connectivity index (χ4n) is 0.109. The largest absolute Gasteiger partial charge is 0.563 e. The van der Waals surface area contributed by atoms with Crippen molar-refractivity contribution in [2.24, 2.45) is 0 Å². The molecule has 0 saturated heterocycles. The van der Waals surface area contributed by atoms with E-state index in [1.807, 2.05) is 0 Å². The standard InChI is InChI=1S/CH2Cl2.2O5P2.W/c2-1-3;2*1-6(2)5-7(3)4;/h1H2;;;. The molecule has 0 radical (unpaired) electrons. The Labute approximate surface area is 129 Å². The number of alkyl halides is 2. The fraction of sp³-hybridized carbons (Fsp3) is 1.00. The number of hydrogen-bond donors (Lipinski definition) is 0. The topological polar surface area (TPSA) is 179 Å². The molecule has 4 atom stereocenters. The number of hydrogen-bond acceptors (Lipinski definition) is 10. The second-order valence-electron chi connectivity index (χ2n) is 1.16. The molecule has 10 nitrogen and oxygen atoms in total. The second-order valence-corrected chi connectivity index (χ2v) is 5.06. The van der Waals surface area contributed by atoms with Gasteiger partial charge in [-0.05, 0) is 18.3 Å². The van der Waals surface area contributed by atoms with Crippen molar-refractivity contribution in [3.8, 4) is 0 Å². The van der Waals surface area contributed by atoms with Gasteiger partial charge in [-0.1, -0.05) is 0 Å². The van der Waals surface area contributed by atoms with Gasteiger partial charge in [0.15, 0.2) is 0 Å². The van der Waals surface area contributed by atoms with Gasteiger partial charge in [0.25, 0.3) is 0 Å². The van der Waals surface area contributed by atoms with Gasteiger partial charge in [-0.3, -0.25) is 0 Å². The molecule has 0 aromatic carbocycles. The summed E-state index contributed by atoms with van der Waals surface area (Å²) >= 11 is 9.53. The molecule has 4 unspecified atom stereocenters. The molecule has 0 bridgehead atoms. The molecule has 0 N–H and O–H groups in total. The molecule has 0 rings (SSSR count). The van der Waals surface area contributed by atoms with E-state index in [1.54, 1.807) is 0 Å². The molecule has 17 heteroatoms. The molecular weight excluding hydrogens is 551 g/mol. The van der Waals surface area contributed by atoms with Crippen molar-refractivity contribution in [1.29, 1.82) is 0 Å². The van der Waals surface area contributed by atoms with E-state index in [0.717, 1.165) is 0 Å². The maximum absolute atomic E-state index is 9.24. The van der Waals surface area contributed by atoms with Crippen LogP contribution in [0.2, 0.25) is 0 Å². The van der Waals surface area contributed by atoms with Gasteiger partial charge in [0, 0.05) is 21.1 Å². The van der Waals surface area contributed by atoms with Gasteiger partial charge >= 0.3 is 33.0 Å². The van der Waals surface area contributed by atoms with Gasteiger partial charge in [0.2, 0.25) is 0 Å². The summed E-state index contributed by atoms with van der Waals surface area (Å²) in [6.45, 7) is 0. The Hall–Kier alpha value is 1.43. The zero-order chi connectivity index (χ0) is 14.4. The van der Waals surface area contributed by atoms with Crippen LogP contribution in [0.3, 0.4) is 0 Å². The minimum atomic E-state index is -3.24. The zero-order valence-electron chi connectivity index (χ0n) is 7.74. The van der Waals surface area contributed by atoms with Crippen molar-refractivity contribution < 1.29 is 67.5 Å². The van der Waals surface area contributed by atoms with Crippen molar-refractivity contribution in [2.45, 2.75) is 0 Å². The Morgan fingerprint density at radius 3 is 0.833 bits per heavy atom. The van der Waals surface area contributed by atoms with E-state index in [-0.39, 0.29) is 26.4 Å². The molecular formula is CH2Cl2O10P4W. The normalized spacial score (nSPS) is 11.4. The second kappa shape index (κ2) is 20.7. The molecule has 0 spiro atoms. The van der Waals surface area contributed by atoms with E-state index in [9.17, 15) is 37.8 Å². The van der Waals surface area contributed by atoms with Crippen molar-refractivity contribution in [3.63, 3.8) is 0 Å². The monoisotopic (exact) mass is 552 g/mol. The summed E-state index contributed by atoms with van der Waals surface area (Å²) in [6.07, 6.45) is 0. The van der Waals surface area contributed by atoms with Gasteiger partial charge in [0.05, 0.1) is 5.34 Å². The summed E-state index contributed by atoms with van der Waals surface area (Å²) in [5, 5.41) is 0.194. The zero-order valence-corrected chi connectivity index (χ0v) is 15.8. The van der Waals surface area contributed by atoms with Crippen LogP contribution in [-0.4, -0.2) is 5.34 Å². The van der Waals surface area contributed by atoms with Crippen LogP contribution in [0.5, 0.6) is 0 Å². The first-order chi connectivity index (χ1) is 7.67. The van der Waals surface area contributed by atoms with Crippen molar-refractivity contribution >= 4 is 56.2 Å².